The highest BCUT2D eigenvalue weighted by atomic mass is 16.5. The SMILES string of the molecule is COC(=O)c1cc(OCCN2CCCC2)ccc1Nc1ccc(N(C)c2ccc(C34CCC5CCC6CC(C3)C564)cc2)cc1. The third kappa shape index (κ3) is 4.20. The molecule has 5 unspecified atom stereocenters. The molecule has 1 saturated heterocycles. The van der Waals surface area contributed by atoms with Gasteiger partial charge in [0.05, 0.1) is 18.4 Å². The minimum Gasteiger partial charge on any atom is -0.492 e. The quantitative estimate of drug-likeness (QED) is 0.242. The maximum atomic E-state index is 12.6. The highest BCUT2D eigenvalue weighted by molar-refractivity contribution is 5.97. The molecule has 5 aliphatic rings. The molecule has 5 fully saturated rings. The lowest BCUT2D eigenvalue weighted by atomic mass is 9.31. The summed E-state index contributed by atoms with van der Waals surface area (Å²) in [4.78, 5) is 17.3. The fourth-order valence-corrected chi connectivity index (χ4v) is 10.5. The number of nitrogens with zero attached hydrogens (tertiary/aromatic N) is 2. The van der Waals surface area contributed by atoms with Gasteiger partial charge in [0.1, 0.15) is 12.4 Å². The van der Waals surface area contributed by atoms with Crippen LogP contribution in [0.5, 0.6) is 5.75 Å². The van der Waals surface area contributed by atoms with Gasteiger partial charge in [-0.25, -0.2) is 4.79 Å². The first-order valence-corrected chi connectivity index (χ1v) is 16.8. The second-order valence-electron chi connectivity index (χ2n) is 14.0. The van der Waals surface area contributed by atoms with Gasteiger partial charge in [-0.3, -0.25) is 4.90 Å². The fraction of sp³-hybridized carbons (Fsp3) is 0.500. The van der Waals surface area contributed by atoms with Gasteiger partial charge < -0.3 is 19.7 Å². The average Bonchev–Trinajstić information content (AvgIpc) is 3.78. The largest absolute Gasteiger partial charge is 0.492 e. The number of ether oxygens (including phenoxy) is 2. The standard InChI is InChI=1S/C38H45N3O3/c1-40(31-11-7-26(8-12-31)37-18-17-27-5-6-28-23-29(25-37)38(27,28)37)32-13-9-30(10-14-32)39-35-16-15-33(24-34(35)36(42)43-2)44-22-21-41-19-3-4-20-41/h7-16,24,27-29,39H,3-6,17-23,25H2,1-2H3. The maximum absolute atomic E-state index is 12.6. The van der Waals surface area contributed by atoms with Crippen molar-refractivity contribution in [3.8, 4) is 5.75 Å². The molecule has 44 heavy (non-hydrogen) atoms. The lowest BCUT2D eigenvalue weighted by molar-refractivity contribution is -0.201. The molecular formula is C38H45N3O3. The Balaban J connectivity index is 0.935. The Labute approximate surface area is 261 Å². The lowest BCUT2D eigenvalue weighted by Crippen LogP contribution is -2.68. The number of likely N-dealkylation sites (tertiary alicyclic amines) is 1. The topological polar surface area (TPSA) is 54.0 Å². The Morgan fingerprint density at radius 2 is 1.66 bits per heavy atom. The molecule has 6 heteroatoms. The first-order valence-electron chi connectivity index (χ1n) is 16.8. The Kier molecular flexibility index (Phi) is 6.89. The fourth-order valence-electron chi connectivity index (χ4n) is 10.5. The normalized spacial score (nSPS) is 29.7. The predicted octanol–water partition coefficient (Wildman–Crippen LogP) is 7.93. The third-order valence-electron chi connectivity index (χ3n) is 12.4. The number of nitrogens with one attached hydrogen (secondary N) is 1. The minimum absolute atomic E-state index is 0.386. The van der Waals surface area contributed by atoms with E-state index in [1.54, 1.807) is 11.6 Å². The van der Waals surface area contributed by atoms with Gasteiger partial charge in [-0.1, -0.05) is 12.1 Å². The van der Waals surface area contributed by atoms with Gasteiger partial charge in [0.15, 0.2) is 0 Å². The van der Waals surface area contributed by atoms with Crippen LogP contribution in [-0.2, 0) is 10.2 Å². The van der Waals surface area contributed by atoms with Crippen molar-refractivity contribution in [2.45, 2.75) is 56.8 Å². The number of anilines is 4. The molecule has 4 aliphatic carbocycles. The summed E-state index contributed by atoms with van der Waals surface area (Å²) in [6.45, 7) is 3.79. The molecule has 3 aromatic rings. The van der Waals surface area contributed by atoms with Crippen LogP contribution in [-0.4, -0.2) is 51.3 Å². The van der Waals surface area contributed by atoms with E-state index in [1.807, 2.05) is 12.1 Å². The second kappa shape index (κ2) is 10.8. The van der Waals surface area contributed by atoms with Crippen molar-refractivity contribution in [3.05, 3.63) is 77.9 Å². The Bertz CT molecular complexity index is 1530. The van der Waals surface area contributed by atoms with Crippen LogP contribution < -0.4 is 15.0 Å². The highest BCUT2D eigenvalue weighted by Gasteiger charge is 2.80. The van der Waals surface area contributed by atoms with E-state index >= 15 is 0 Å². The van der Waals surface area contributed by atoms with Crippen LogP contribution >= 0.6 is 0 Å². The smallest absolute Gasteiger partial charge is 0.340 e. The zero-order valence-corrected chi connectivity index (χ0v) is 26.2. The van der Waals surface area contributed by atoms with Crippen LogP contribution in [0.3, 0.4) is 0 Å². The number of carbonyl (C=O) groups is 1. The lowest BCUT2D eigenvalue weighted by Gasteiger charge is -2.73. The summed E-state index contributed by atoms with van der Waals surface area (Å²) in [6.07, 6.45) is 11.3. The number of esters is 1. The molecule has 0 aromatic heterocycles. The van der Waals surface area contributed by atoms with E-state index in [1.165, 1.54) is 64.2 Å². The van der Waals surface area contributed by atoms with Crippen LogP contribution in [0.1, 0.15) is 67.3 Å². The molecule has 4 saturated carbocycles. The summed E-state index contributed by atoms with van der Waals surface area (Å²) >= 11 is 0. The first kappa shape index (κ1) is 28.0. The zero-order valence-electron chi connectivity index (χ0n) is 26.2. The summed E-state index contributed by atoms with van der Waals surface area (Å²) in [5, 5.41) is 3.42. The van der Waals surface area contributed by atoms with Gasteiger partial charge in [0, 0.05) is 36.1 Å². The second-order valence-corrected chi connectivity index (χ2v) is 14.0. The summed E-state index contributed by atoms with van der Waals surface area (Å²) in [7, 11) is 3.55. The molecule has 0 bridgehead atoms. The van der Waals surface area contributed by atoms with Gasteiger partial charge in [-0.05, 0) is 148 Å². The molecule has 1 spiro atoms. The molecule has 8 rings (SSSR count). The molecule has 1 N–H and O–H groups in total. The molecule has 230 valence electrons. The summed E-state index contributed by atoms with van der Waals surface area (Å²) in [5.41, 5.74) is 7.12. The third-order valence-corrected chi connectivity index (χ3v) is 12.4. The van der Waals surface area contributed by atoms with E-state index in [2.05, 4.69) is 70.7 Å². The predicted molar refractivity (Wildman–Crippen MR) is 175 cm³/mol. The average molecular weight is 592 g/mol. The van der Waals surface area contributed by atoms with E-state index in [0.29, 0.717) is 34.4 Å². The maximum Gasteiger partial charge on any atom is 0.340 e. The zero-order chi connectivity index (χ0) is 29.9. The van der Waals surface area contributed by atoms with Gasteiger partial charge >= 0.3 is 5.97 Å². The van der Waals surface area contributed by atoms with Crippen molar-refractivity contribution >= 4 is 28.7 Å². The van der Waals surface area contributed by atoms with Crippen molar-refractivity contribution in [1.29, 1.82) is 0 Å². The van der Waals surface area contributed by atoms with Crippen molar-refractivity contribution in [3.63, 3.8) is 0 Å². The number of hydrogen-bond acceptors (Lipinski definition) is 6. The summed E-state index contributed by atoms with van der Waals surface area (Å²) in [5.74, 6) is 3.30. The molecule has 3 aromatic carbocycles. The van der Waals surface area contributed by atoms with Crippen LogP contribution in [0, 0.1) is 23.2 Å². The van der Waals surface area contributed by atoms with E-state index in [0.717, 1.165) is 48.8 Å². The molecule has 1 heterocycles. The first-order chi connectivity index (χ1) is 21.5. The van der Waals surface area contributed by atoms with Crippen LogP contribution in [0.25, 0.3) is 0 Å². The number of carbonyl (C=O) groups excluding carboxylic acids is 1. The van der Waals surface area contributed by atoms with Gasteiger partial charge in [-0.2, -0.15) is 0 Å². The van der Waals surface area contributed by atoms with Gasteiger partial charge in [-0.15, -0.1) is 0 Å². The van der Waals surface area contributed by atoms with E-state index in [9.17, 15) is 4.79 Å². The van der Waals surface area contributed by atoms with Crippen LogP contribution in [0.15, 0.2) is 66.7 Å². The van der Waals surface area contributed by atoms with E-state index in [4.69, 9.17) is 9.47 Å². The molecule has 0 radical (unpaired) electrons. The van der Waals surface area contributed by atoms with E-state index in [-0.39, 0.29) is 5.97 Å². The molecular weight excluding hydrogens is 546 g/mol. The molecule has 6 nitrogen and oxygen atoms in total. The number of benzene rings is 3. The monoisotopic (exact) mass is 591 g/mol. The van der Waals surface area contributed by atoms with Gasteiger partial charge in [0.2, 0.25) is 0 Å². The van der Waals surface area contributed by atoms with Crippen LogP contribution in [0.2, 0.25) is 0 Å². The van der Waals surface area contributed by atoms with Crippen molar-refractivity contribution < 1.29 is 14.3 Å². The Morgan fingerprint density at radius 1 is 0.932 bits per heavy atom. The Morgan fingerprint density at radius 3 is 2.39 bits per heavy atom. The minimum atomic E-state index is -0.386. The number of hydrogen-bond donors (Lipinski definition) is 1. The molecule has 0 amide bonds. The molecule has 1 aliphatic heterocycles. The number of methoxy groups -OCH3 is 1. The van der Waals surface area contributed by atoms with Crippen LogP contribution in [0.4, 0.5) is 22.7 Å². The summed E-state index contributed by atoms with van der Waals surface area (Å²) < 4.78 is 11.1. The highest BCUT2D eigenvalue weighted by Crippen LogP contribution is 2.85. The summed E-state index contributed by atoms with van der Waals surface area (Å²) in [6, 6.07) is 23.5. The van der Waals surface area contributed by atoms with Crippen molar-refractivity contribution in [2.24, 2.45) is 23.2 Å². The van der Waals surface area contributed by atoms with Crippen molar-refractivity contribution in [1.82, 2.24) is 4.90 Å². The van der Waals surface area contributed by atoms with Gasteiger partial charge in [0.25, 0.3) is 0 Å². The Hall–Kier alpha value is -3.51. The number of rotatable bonds is 10. The molecule has 5 atom stereocenters. The van der Waals surface area contributed by atoms with Crippen molar-refractivity contribution in [2.75, 3.05) is 50.6 Å². The van der Waals surface area contributed by atoms with E-state index < -0.39 is 0 Å².